The molecule has 0 radical (unpaired) electrons. The Labute approximate surface area is 135 Å². The van der Waals surface area contributed by atoms with Gasteiger partial charge in [0.05, 0.1) is 6.54 Å². The summed E-state index contributed by atoms with van der Waals surface area (Å²) in [7, 11) is 0. The number of hydrogen-bond acceptors (Lipinski definition) is 3. The Bertz CT molecular complexity index is 671. The Morgan fingerprint density at radius 2 is 2.00 bits per heavy atom. The average Bonchev–Trinajstić information content (AvgIpc) is 2.53. The third-order valence-electron chi connectivity index (χ3n) is 3.82. The summed E-state index contributed by atoms with van der Waals surface area (Å²) in [6, 6.07) is 11.4. The Balaban J connectivity index is 2.06. The third-order valence-corrected chi connectivity index (χ3v) is 3.82. The van der Waals surface area contributed by atoms with Gasteiger partial charge in [-0.05, 0) is 23.8 Å². The zero-order chi connectivity index (χ0) is 16.8. The minimum absolute atomic E-state index is 0.0296. The van der Waals surface area contributed by atoms with E-state index in [1.165, 1.54) is 5.56 Å². The molecule has 0 bridgehead atoms. The summed E-state index contributed by atoms with van der Waals surface area (Å²) < 4.78 is 2.05. The van der Waals surface area contributed by atoms with Gasteiger partial charge in [0.25, 0.3) is 0 Å². The fourth-order valence-corrected chi connectivity index (χ4v) is 2.47. The van der Waals surface area contributed by atoms with E-state index >= 15 is 0 Å². The van der Waals surface area contributed by atoms with Gasteiger partial charge in [-0.3, -0.25) is 0 Å². The highest BCUT2D eigenvalue weighted by atomic mass is 16.4. The van der Waals surface area contributed by atoms with Crippen molar-refractivity contribution in [2.24, 2.45) is 0 Å². The van der Waals surface area contributed by atoms with Gasteiger partial charge < -0.3 is 21.3 Å². The van der Waals surface area contributed by atoms with Crippen LogP contribution in [0.2, 0.25) is 0 Å². The molecule has 0 aliphatic heterocycles. The van der Waals surface area contributed by atoms with E-state index in [0.29, 0.717) is 0 Å². The number of aromatic nitrogens is 1. The molecule has 0 saturated heterocycles. The molecule has 1 aromatic heterocycles. The number of pyridine rings is 1. The van der Waals surface area contributed by atoms with Crippen LogP contribution < -0.4 is 15.6 Å². The lowest BCUT2D eigenvalue weighted by Crippen LogP contribution is -2.39. The predicted molar refractivity (Wildman–Crippen MR) is 86.9 cm³/mol. The highest BCUT2D eigenvalue weighted by Crippen LogP contribution is 2.14. The molecule has 0 spiro atoms. The van der Waals surface area contributed by atoms with E-state index in [1.807, 2.05) is 49.5 Å². The van der Waals surface area contributed by atoms with Crippen LogP contribution in [-0.4, -0.2) is 22.9 Å². The zero-order valence-electron chi connectivity index (χ0n) is 13.1. The van der Waals surface area contributed by atoms with Crippen molar-refractivity contribution >= 4 is 11.8 Å². The normalized spacial score (nSPS) is 11.9. The summed E-state index contributed by atoms with van der Waals surface area (Å²) in [5.41, 5.74) is 9.25. The number of nitrogen functional groups attached to an aromatic ring is 1. The second-order valence-electron chi connectivity index (χ2n) is 5.44. The van der Waals surface area contributed by atoms with Gasteiger partial charge in [-0.2, -0.15) is 0 Å². The molecule has 2 rings (SSSR count). The van der Waals surface area contributed by atoms with Crippen molar-refractivity contribution in [2.45, 2.75) is 26.0 Å². The largest absolute Gasteiger partial charge is 0.465 e. The number of rotatable bonds is 6. The summed E-state index contributed by atoms with van der Waals surface area (Å²) >= 11 is 0. The highest BCUT2D eigenvalue weighted by Gasteiger charge is 2.18. The van der Waals surface area contributed by atoms with Crippen LogP contribution in [0.1, 0.15) is 22.9 Å². The maximum Gasteiger partial charge on any atom is 0.404 e. The number of aliphatic hydroxyl groups is 1. The van der Waals surface area contributed by atoms with E-state index in [2.05, 4.69) is 9.88 Å². The third kappa shape index (κ3) is 4.69. The Hall–Kier alpha value is -2.60. The van der Waals surface area contributed by atoms with Crippen LogP contribution in [0.4, 0.5) is 10.5 Å². The van der Waals surface area contributed by atoms with Crippen molar-refractivity contribution in [3.05, 3.63) is 59.4 Å². The molecule has 0 aliphatic rings. The van der Waals surface area contributed by atoms with Crippen molar-refractivity contribution in [1.29, 1.82) is 0 Å². The first kappa shape index (κ1) is 16.8. The summed E-state index contributed by atoms with van der Waals surface area (Å²) in [6.07, 6.45) is 0.788. The fraction of sp³-hybridized carbons (Fsp3) is 0.294. The van der Waals surface area contributed by atoms with Crippen molar-refractivity contribution in [2.75, 3.05) is 12.3 Å². The van der Waals surface area contributed by atoms with Crippen LogP contribution >= 0.6 is 0 Å². The minimum Gasteiger partial charge on any atom is -0.465 e. The van der Waals surface area contributed by atoms with Crippen molar-refractivity contribution in [1.82, 2.24) is 5.32 Å². The molecular weight excluding hydrogens is 294 g/mol. The van der Waals surface area contributed by atoms with Gasteiger partial charge in [0.15, 0.2) is 18.4 Å². The summed E-state index contributed by atoms with van der Waals surface area (Å²) in [5, 5.41) is 21.0. The highest BCUT2D eigenvalue weighted by molar-refractivity contribution is 5.64. The number of nitrogens with two attached hydrogens (primary N) is 1. The molecule has 1 atom stereocenters. The van der Waals surface area contributed by atoms with Crippen LogP contribution in [0.3, 0.4) is 0 Å². The maximum atomic E-state index is 10.5. The van der Waals surface area contributed by atoms with Crippen LogP contribution in [0.5, 0.6) is 0 Å². The van der Waals surface area contributed by atoms with E-state index in [1.54, 1.807) is 0 Å². The zero-order valence-corrected chi connectivity index (χ0v) is 13.1. The smallest absolute Gasteiger partial charge is 0.404 e. The van der Waals surface area contributed by atoms with Gasteiger partial charge in [0.1, 0.15) is 6.10 Å². The summed E-state index contributed by atoms with van der Waals surface area (Å²) in [6.45, 7) is 2.66. The Morgan fingerprint density at radius 1 is 1.30 bits per heavy atom. The Morgan fingerprint density at radius 3 is 2.65 bits per heavy atom. The van der Waals surface area contributed by atoms with E-state index in [4.69, 9.17) is 10.8 Å². The van der Waals surface area contributed by atoms with Crippen molar-refractivity contribution in [3.8, 4) is 0 Å². The van der Waals surface area contributed by atoms with Crippen molar-refractivity contribution in [3.63, 3.8) is 0 Å². The SMILES string of the molecule is Cc1c(C(O)CNC(=O)O)ccc[n+]1CCc1ccc(N)cc1. The predicted octanol–water partition coefficient (Wildman–Crippen LogP) is 1.41. The van der Waals surface area contributed by atoms with Gasteiger partial charge in [0, 0.05) is 30.7 Å². The number of hydrogen-bond donors (Lipinski definition) is 4. The number of benzene rings is 1. The van der Waals surface area contributed by atoms with Gasteiger partial charge in [-0.15, -0.1) is 0 Å². The van der Waals surface area contributed by atoms with Gasteiger partial charge in [-0.25, -0.2) is 9.36 Å². The molecule has 1 aromatic carbocycles. The van der Waals surface area contributed by atoms with Crippen LogP contribution in [0.25, 0.3) is 0 Å². The van der Waals surface area contributed by atoms with E-state index < -0.39 is 12.2 Å². The topological polar surface area (TPSA) is 99.5 Å². The number of nitrogens with one attached hydrogen (secondary N) is 1. The van der Waals surface area contributed by atoms with Crippen LogP contribution in [0, 0.1) is 6.92 Å². The molecule has 0 aliphatic carbocycles. The monoisotopic (exact) mass is 316 g/mol. The maximum absolute atomic E-state index is 10.5. The first-order valence-corrected chi connectivity index (χ1v) is 7.45. The lowest BCUT2D eigenvalue weighted by Gasteiger charge is -2.12. The quantitative estimate of drug-likeness (QED) is 0.478. The minimum atomic E-state index is -1.14. The molecule has 6 nitrogen and oxygen atoms in total. The number of amides is 1. The molecule has 23 heavy (non-hydrogen) atoms. The first-order chi connectivity index (χ1) is 11.0. The Kier molecular flexibility index (Phi) is 5.54. The lowest BCUT2D eigenvalue weighted by atomic mass is 10.1. The molecule has 1 heterocycles. The number of carboxylic acid groups (broad SMARTS) is 1. The number of anilines is 1. The van der Waals surface area contributed by atoms with E-state index in [9.17, 15) is 9.90 Å². The fourth-order valence-electron chi connectivity index (χ4n) is 2.47. The molecule has 1 unspecified atom stereocenters. The molecule has 2 aromatic rings. The summed E-state index contributed by atoms with van der Waals surface area (Å²) in [5.74, 6) is 0. The second-order valence-corrected chi connectivity index (χ2v) is 5.44. The molecule has 1 amide bonds. The molecular formula is C17H22N3O3+. The van der Waals surface area contributed by atoms with Crippen molar-refractivity contribution < 1.29 is 19.6 Å². The number of aryl methyl sites for hydroxylation is 2. The molecule has 5 N–H and O–H groups in total. The number of carbonyl (C=O) groups is 1. The number of nitrogens with zero attached hydrogens (tertiary/aromatic N) is 1. The van der Waals surface area contributed by atoms with Crippen LogP contribution in [0.15, 0.2) is 42.6 Å². The molecule has 122 valence electrons. The molecule has 0 fully saturated rings. The van der Waals surface area contributed by atoms with E-state index in [0.717, 1.165) is 29.9 Å². The standard InChI is InChI=1S/C17H21N3O3/c1-12-15(16(21)11-19-17(22)23)3-2-9-20(12)10-8-13-4-6-14(18)7-5-13/h2-7,9,16,19,21H,8,10-11,18H2,1H3/p+1. The summed E-state index contributed by atoms with van der Waals surface area (Å²) in [4.78, 5) is 10.5. The molecule has 0 saturated carbocycles. The van der Waals surface area contributed by atoms with Gasteiger partial charge in [0.2, 0.25) is 0 Å². The second kappa shape index (κ2) is 7.60. The number of aliphatic hydroxyl groups excluding tert-OH is 1. The van der Waals surface area contributed by atoms with Crippen LogP contribution in [-0.2, 0) is 13.0 Å². The first-order valence-electron chi connectivity index (χ1n) is 7.45. The lowest BCUT2D eigenvalue weighted by molar-refractivity contribution is -0.702. The van der Waals surface area contributed by atoms with Gasteiger partial charge in [-0.1, -0.05) is 12.1 Å². The average molecular weight is 316 g/mol. The molecule has 6 heteroatoms. The van der Waals surface area contributed by atoms with Gasteiger partial charge >= 0.3 is 6.09 Å². The van der Waals surface area contributed by atoms with E-state index in [-0.39, 0.29) is 6.54 Å².